The molecular formula is C16H23N5O2. The smallest absolute Gasteiger partial charge is 0.274 e. The number of nitrogens with one attached hydrogen (secondary N) is 1. The van der Waals surface area contributed by atoms with E-state index in [1.807, 2.05) is 0 Å². The van der Waals surface area contributed by atoms with Gasteiger partial charge in [-0.25, -0.2) is 9.97 Å². The standard InChI is InChI=1S/C16H23N5O2/c1-12(22)20-6-8-21(9-7-20)16(23)14-10-18-15(11-17-14)19-13-4-2-3-5-13/h10-11,13H,2-9H2,1H3,(H,18,19). The molecule has 0 aromatic carbocycles. The number of rotatable bonds is 3. The van der Waals surface area contributed by atoms with Crippen molar-refractivity contribution >= 4 is 17.6 Å². The highest BCUT2D eigenvalue weighted by Gasteiger charge is 2.24. The van der Waals surface area contributed by atoms with Crippen molar-refractivity contribution in [3.8, 4) is 0 Å². The number of hydrogen-bond donors (Lipinski definition) is 1. The number of anilines is 1. The monoisotopic (exact) mass is 317 g/mol. The number of carbonyl (C=O) groups is 2. The number of aromatic nitrogens is 2. The first kappa shape index (κ1) is 15.7. The molecular weight excluding hydrogens is 294 g/mol. The van der Waals surface area contributed by atoms with Gasteiger partial charge in [-0.1, -0.05) is 12.8 Å². The van der Waals surface area contributed by atoms with E-state index < -0.39 is 0 Å². The second-order valence-electron chi connectivity index (χ2n) is 6.21. The molecule has 1 aromatic rings. The summed E-state index contributed by atoms with van der Waals surface area (Å²) in [5.74, 6) is 0.669. The highest BCUT2D eigenvalue weighted by atomic mass is 16.2. The average molecular weight is 317 g/mol. The fraction of sp³-hybridized carbons (Fsp3) is 0.625. The Labute approximate surface area is 136 Å². The van der Waals surface area contributed by atoms with E-state index in [0.29, 0.717) is 37.9 Å². The summed E-state index contributed by atoms with van der Waals surface area (Å²) in [5.41, 5.74) is 0.359. The molecule has 1 aliphatic carbocycles. The lowest BCUT2D eigenvalue weighted by Gasteiger charge is -2.33. The van der Waals surface area contributed by atoms with Gasteiger partial charge in [-0.3, -0.25) is 9.59 Å². The van der Waals surface area contributed by atoms with Crippen LogP contribution in [0.5, 0.6) is 0 Å². The van der Waals surface area contributed by atoms with Crippen LogP contribution in [0.15, 0.2) is 12.4 Å². The lowest BCUT2D eigenvalue weighted by Crippen LogP contribution is -2.50. The lowest BCUT2D eigenvalue weighted by molar-refractivity contribution is -0.130. The highest BCUT2D eigenvalue weighted by molar-refractivity contribution is 5.92. The molecule has 0 radical (unpaired) electrons. The van der Waals surface area contributed by atoms with E-state index >= 15 is 0 Å². The average Bonchev–Trinajstić information content (AvgIpc) is 3.08. The summed E-state index contributed by atoms with van der Waals surface area (Å²) in [6.07, 6.45) is 8.03. The molecule has 0 atom stereocenters. The largest absolute Gasteiger partial charge is 0.366 e. The Balaban J connectivity index is 1.56. The van der Waals surface area contributed by atoms with Crippen molar-refractivity contribution in [2.24, 2.45) is 0 Å². The minimum absolute atomic E-state index is 0.0548. The van der Waals surface area contributed by atoms with Gasteiger partial charge in [0.05, 0.1) is 12.4 Å². The van der Waals surface area contributed by atoms with Gasteiger partial charge in [0.25, 0.3) is 5.91 Å². The van der Waals surface area contributed by atoms with Gasteiger partial charge in [0.15, 0.2) is 0 Å². The second-order valence-corrected chi connectivity index (χ2v) is 6.21. The van der Waals surface area contributed by atoms with Gasteiger partial charge in [0, 0.05) is 39.1 Å². The van der Waals surface area contributed by atoms with Crippen LogP contribution in [0.3, 0.4) is 0 Å². The Morgan fingerprint density at radius 2 is 1.70 bits per heavy atom. The van der Waals surface area contributed by atoms with E-state index in [1.165, 1.54) is 31.9 Å². The molecule has 1 aliphatic heterocycles. The van der Waals surface area contributed by atoms with Gasteiger partial charge in [0.1, 0.15) is 11.5 Å². The van der Waals surface area contributed by atoms with Gasteiger partial charge >= 0.3 is 0 Å². The molecule has 1 saturated carbocycles. The van der Waals surface area contributed by atoms with Crippen LogP contribution in [0, 0.1) is 0 Å². The predicted octanol–water partition coefficient (Wildman–Crippen LogP) is 1.14. The Hall–Kier alpha value is -2.18. The van der Waals surface area contributed by atoms with Crippen LogP contribution in [-0.2, 0) is 4.79 Å². The molecule has 3 rings (SSSR count). The fourth-order valence-electron chi connectivity index (χ4n) is 3.18. The second kappa shape index (κ2) is 6.93. The molecule has 7 heteroatoms. The first-order chi connectivity index (χ1) is 11.1. The van der Waals surface area contributed by atoms with Gasteiger partial charge in [-0.15, -0.1) is 0 Å². The molecule has 0 bridgehead atoms. The van der Waals surface area contributed by atoms with E-state index in [9.17, 15) is 9.59 Å². The van der Waals surface area contributed by atoms with Gasteiger partial charge in [-0.2, -0.15) is 0 Å². The molecule has 1 saturated heterocycles. The van der Waals surface area contributed by atoms with Crippen LogP contribution in [0.1, 0.15) is 43.1 Å². The topological polar surface area (TPSA) is 78.4 Å². The summed E-state index contributed by atoms with van der Waals surface area (Å²) >= 11 is 0. The third-order valence-electron chi connectivity index (χ3n) is 4.59. The normalized spacial score (nSPS) is 19.0. The maximum Gasteiger partial charge on any atom is 0.274 e. The summed E-state index contributed by atoms with van der Waals surface area (Å²) in [4.78, 5) is 35.8. The first-order valence-electron chi connectivity index (χ1n) is 8.27. The van der Waals surface area contributed by atoms with Crippen molar-refractivity contribution in [3.63, 3.8) is 0 Å². The molecule has 7 nitrogen and oxygen atoms in total. The molecule has 2 fully saturated rings. The third-order valence-corrected chi connectivity index (χ3v) is 4.59. The maximum absolute atomic E-state index is 12.4. The fourth-order valence-corrected chi connectivity index (χ4v) is 3.18. The number of hydrogen-bond acceptors (Lipinski definition) is 5. The molecule has 0 spiro atoms. The zero-order valence-corrected chi connectivity index (χ0v) is 13.5. The van der Waals surface area contributed by atoms with Gasteiger partial charge in [-0.05, 0) is 12.8 Å². The zero-order valence-electron chi connectivity index (χ0n) is 13.5. The number of nitrogens with zero attached hydrogens (tertiary/aromatic N) is 4. The van der Waals surface area contributed by atoms with Crippen LogP contribution < -0.4 is 5.32 Å². The van der Waals surface area contributed by atoms with Gasteiger partial charge < -0.3 is 15.1 Å². The number of carbonyl (C=O) groups excluding carboxylic acids is 2. The van der Waals surface area contributed by atoms with Crippen LogP contribution in [0.25, 0.3) is 0 Å². The molecule has 1 aromatic heterocycles. The van der Waals surface area contributed by atoms with Crippen LogP contribution >= 0.6 is 0 Å². The molecule has 2 heterocycles. The molecule has 2 amide bonds. The lowest BCUT2D eigenvalue weighted by atomic mass is 10.2. The third kappa shape index (κ3) is 3.78. The summed E-state index contributed by atoms with van der Waals surface area (Å²) in [6.45, 7) is 3.80. The van der Waals surface area contributed by atoms with Crippen LogP contribution in [0.2, 0.25) is 0 Å². The van der Waals surface area contributed by atoms with E-state index in [1.54, 1.807) is 22.9 Å². The van der Waals surface area contributed by atoms with Crippen LogP contribution in [0.4, 0.5) is 5.82 Å². The Kier molecular flexibility index (Phi) is 4.73. The van der Waals surface area contributed by atoms with Crippen molar-refractivity contribution in [1.29, 1.82) is 0 Å². The quantitative estimate of drug-likeness (QED) is 0.904. The molecule has 0 unspecified atom stereocenters. The maximum atomic E-state index is 12.4. The van der Waals surface area contributed by atoms with E-state index in [2.05, 4.69) is 15.3 Å². The highest BCUT2D eigenvalue weighted by Crippen LogP contribution is 2.21. The summed E-state index contributed by atoms with van der Waals surface area (Å²) in [6, 6.07) is 0.477. The van der Waals surface area contributed by atoms with E-state index in [4.69, 9.17) is 0 Å². The summed E-state index contributed by atoms with van der Waals surface area (Å²) < 4.78 is 0. The Bertz CT molecular complexity index is 560. The minimum Gasteiger partial charge on any atom is -0.366 e. The molecule has 2 aliphatic rings. The molecule has 124 valence electrons. The summed E-state index contributed by atoms with van der Waals surface area (Å²) in [5, 5.41) is 3.36. The van der Waals surface area contributed by atoms with E-state index in [0.717, 1.165) is 5.82 Å². The van der Waals surface area contributed by atoms with Crippen molar-refractivity contribution in [2.75, 3.05) is 31.5 Å². The van der Waals surface area contributed by atoms with Gasteiger partial charge in [0.2, 0.25) is 5.91 Å². The van der Waals surface area contributed by atoms with E-state index in [-0.39, 0.29) is 11.8 Å². The SMILES string of the molecule is CC(=O)N1CCN(C(=O)c2cnc(NC3CCCC3)cn2)CC1. The van der Waals surface area contributed by atoms with Crippen molar-refractivity contribution in [2.45, 2.75) is 38.6 Å². The van der Waals surface area contributed by atoms with Crippen LogP contribution in [-0.4, -0.2) is 63.8 Å². The minimum atomic E-state index is -0.117. The van der Waals surface area contributed by atoms with Crippen molar-refractivity contribution in [3.05, 3.63) is 18.1 Å². The number of piperazine rings is 1. The number of amides is 2. The zero-order chi connectivity index (χ0) is 16.2. The summed E-state index contributed by atoms with van der Waals surface area (Å²) in [7, 11) is 0. The predicted molar refractivity (Wildman–Crippen MR) is 86.1 cm³/mol. The van der Waals surface area contributed by atoms with Crippen molar-refractivity contribution < 1.29 is 9.59 Å². The Morgan fingerprint density at radius 3 is 2.26 bits per heavy atom. The first-order valence-corrected chi connectivity index (χ1v) is 8.27. The molecule has 23 heavy (non-hydrogen) atoms. The molecule has 1 N–H and O–H groups in total. The van der Waals surface area contributed by atoms with Crippen molar-refractivity contribution in [1.82, 2.24) is 19.8 Å². The Morgan fingerprint density at radius 1 is 1.04 bits per heavy atom.